The Kier molecular flexibility index (Phi) is 7.45. The van der Waals surface area contributed by atoms with E-state index in [-0.39, 0.29) is 17.5 Å². The number of rotatable bonds is 9. The molecule has 3 aromatic rings. The normalized spacial score (nSPS) is 15.2. The molecule has 2 aromatic heterocycles. The number of aromatic nitrogens is 2. The molecular weight excluding hydrogens is 460 g/mol. The molecule has 9 heteroatoms. The van der Waals surface area contributed by atoms with Crippen LogP contribution in [0.15, 0.2) is 34.2 Å². The van der Waals surface area contributed by atoms with Crippen LogP contribution in [0.5, 0.6) is 5.75 Å². The highest BCUT2D eigenvalue weighted by Gasteiger charge is 2.31. The molecule has 0 saturated heterocycles. The molecule has 4 rings (SSSR count). The molecule has 3 heterocycles. The first-order valence-electron chi connectivity index (χ1n) is 11.1. The topological polar surface area (TPSA) is 71.8 Å². The Morgan fingerprint density at radius 3 is 2.55 bits per heavy atom. The zero-order valence-corrected chi connectivity index (χ0v) is 21.3. The number of hydrogen-bond donors (Lipinski definition) is 0. The van der Waals surface area contributed by atoms with Crippen molar-refractivity contribution in [1.82, 2.24) is 9.55 Å². The van der Waals surface area contributed by atoms with Crippen LogP contribution in [-0.4, -0.2) is 47.5 Å². The van der Waals surface area contributed by atoms with Crippen molar-refractivity contribution in [2.45, 2.75) is 57.8 Å². The molecule has 0 fully saturated rings. The zero-order valence-electron chi connectivity index (χ0n) is 19.7. The van der Waals surface area contributed by atoms with Crippen LogP contribution in [0, 0.1) is 0 Å². The van der Waals surface area contributed by atoms with Crippen molar-refractivity contribution in [3.8, 4) is 11.4 Å². The summed E-state index contributed by atoms with van der Waals surface area (Å²) in [5.74, 6) is 1.26. The number of thiophene rings is 1. The van der Waals surface area contributed by atoms with Gasteiger partial charge in [0.25, 0.3) is 5.56 Å². The van der Waals surface area contributed by atoms with E-state index in [0.717, 1.165) is 26.7 Å². The van der Waals surface area contributed by atoms with Crippen molar-refractivity contribution in [3.63, 3.8) is 0 Å². The lowest BCUT2D eigenvalue weighted by Crippen LogP contribution is -2.32. The van der Waals surface area contributed by atoms with E-state index < -0.39 is 0 Å². The first kappa shape index (κ1) is 24.2. The summed E-state index contributed by atoms with van der Waals surface area (Å²) in [5.41, 5.74) is 1.43. The van der Waals surface area contributed by atoms with E-state index in [1.54, 1.807) is 23.0 Å². The van der Waals surface area contributed by atoms with Gasteiger partial charge in [-0.25, -0.2) is 4.98 Å². The minimum absolute atomic E-state index is 0.0627. The Morgan fingerprint density at radius 2 is 1.91 bits per heavy atom. The first-order valence-corrected chi connectivity index (χ1v) is 12.9. The summed E-state index contributed by atoms with van der Waals surface area (Å²) in [7, 11) is 1.62. The Bertz CT molecular complexity index is 1160. The van der Waals surface area contributed by atoms with Gasteiger partial charge >= 0.3 is 0 Å². The Labute approximate surface area is 202 Å². The summed E-state index contributed by atoms with van der Waals surface area (Å²) >= 11 is 3.01. The van der Waals surface area contributed by atoms with E-state index in [1.165, 1.54) is 11.8 Å². The average Bonchev–Trinajstić information content (AvgIpc) is 3.14. The number of ether oxygens (including phenoxy) is 4. The van der Waals surface area contributed by atoms with Gasteiger partial charge in [0.1, 0.15) is 10.6 Å². The van der Waals surface area contributed by atoms with Crippen LogP contribution < -0.4 is 10.3 Å². The Balaban J connectivity index is 1.83. The van der Waals surface area contributed by atoms with Crippen molar-refractivity contribution in [3.05, 3.63) is 45.1 Å². The summed E-state index contributed by atoms with van der Waals surface area (Å²) in [6, 6.07) is 7.46. The highest BCUT2D eigenvalue weighted by atomic mass is 32.2. The quantitative estimate of drug-likeness (QED) is 0.242. The molecule has 0 saturated carbocycles. The van der Waals surface area contributed by atoms with Gasteiger partial charge in [-0.2, -0.15) is 0 Å². The highest BCUT2D eigenvalue weighted by molar-refractivity contribution is 7.99. The molecule has 0 atom stereocenters. The maximum atomic E-state index is 13.9. The van der Waals surface area contributed by atoms with Crippen LogP contribution in [0.3, 0.4) is 0 Å². The average molecular weight is 491 g/mol. The van der Waals surface area contributed by atoms with Crippen LogP contribution in [0.2, 0.25) is 0 Å². The lowest BCUT2D eigenvalue weighted by molar-refractivity contribution is -0.120. The second-order valence-corrected chi connectivity index (χ2v) is 10.4. The van der Waals surface area contributed by atoms with Crippen molar-refractivity contribution >= 4 is 33.3 Å². The minimum atomic E-state index is -0.368. The molecule has 33 heavy (non-hydrogen) atoms. The lowest BCUT2D eigenvalue weighted by atomic mass is 9.94. The van der Waals surface area contributed by atoms with Crippen LogP contribution in [-0.2, 0) is 27.2 Å². The molecule has 7 nitrogen and oxygen atoms in total. The van der Waals surface area contributed by atoms with Gasteiger partial charge < -0.3 is 18.9 Å². The predicted molar refractivity (Wildman–Crippen MR) is 132 cm³/mol. The van der Waals surface area contributed by atoms with Crippen molar-refractivity contribution in [1.29, 1.82) is 0 Å². The van der Waals surface area contributed by atoms with Gasteiger partial charge in [-0.1, -0.05) is 11.8 Å². The van der Waals surface area contributed by atoms with Crippen molar-refractivity contribution in [2.75, 3.05) is 26.1 Å². The Morgan fingerprint density at radius 1 is 1.21 bits per heavy atom. The smallest absolute Gasteiger partial charge is 0.267 e. The van der Waals surface area contributed by atoms with Crippen LogP contribution in [0.4, 0.5) is 0 Å². The third kappa shape index (κ3) is 5.12. The molecule has 0 radical (unpaired) electrons. The first-order chi connectivity index (χ1) is 15.9. The molecule has 0 unspecified atom stereocenters. The molecule has 1 aromatic carbocycles. The lowest BCUT2D eigenvalue weighted by Gasteiger charge is -2.30. The molecule has 0 amide bonds. The fourth-order valence-electron chi connectivity index (χ4n) is 3.89. The second-order valence-electron chi connectivity index (χ2n) is 8.29. The third-order valence-corrected chi connectivity index (χ3v) is 7.53. The van der Waals surface area contributed by atoms with E-state index in [9.17, 15) is 4.79 Å². The molecule has 0 aliphatic carbocycles. The fraction of sp³-hybridized carbons (Fsp3) is 0.500. The van der Waals surface area contributed by atoms with E-state index in [1.807, 2.05) is 38.1 Å². The predicted octanol–water partition coefficient (Wildman–Crippen LogP) is 4.80. The van der Waals surface area contributed by atoms with Gasteiger partial charge in [-0.15, -0.1) is 11.3 Å². The molecule has 0 spiro atoms. The molecule has 1 aliphatic heterocycles. The monoisotopic (exact) mass is 490 g/mol. The van der Waals surface area contributed by atoms with Gasteiger partial charge in [-0.3, -0.25) is 9.36 Å². The van der Waals surface area contributed by atoms with Gasteiger partial charge in [-0.05, 0) is 57.5 Å². The number of fused-ring (bicyclic) bond motifs is 3. The zero-order chi connectivity index (χ0) is 23.6. The maximum absolute atomic E-state index is 13.9. The van der Waals surface area contributed by atoms with Crippen LogP contribution in [0.1, 0.15) is 38.1 Å². The number of thioether (sulfide) groups is 1. The summed E-state index contributed by atoms with van der Waals surface area (Å²) in [5, 5.41) is 1.30. The number of methoxy groups -OCH3 is 1. The summed E-state index contributed by atoms with van der Waals surface area (Å²) < 4.78 is 24.4. The van der Waals surface area contributed by atoms with Gasteiger partial charge in [0.05, 0.1) is 36.1 Å². The highest BCUT2D eigenvalue weighted by Crippen LogP contribution is 2.38. The van der Waals surface area contributed by atoms with E-state index in [2.05, 4.69) is 13.8 Å². The van der Waals surface area contributed by atoms with Crippen LogP contribution >= 0.6 is 23.1 Å². The molecule has 178 valence electrons. The third-order valence-electron chi connectivity index (χ3n) is 5.46. The number of hydrogen-bond acceptors (Lipinski definition) is 8. The molecule has 1 aliphatic rings. The molecule has 0 bridgehead atoms. The van der Waals surface area contributed by atoms with Crippen LogP contribution in [0.25, 0.3) is 15.9 Å². The number of benzene rings is 1. The van der Waals surface area contributed by atoms with Crippen molar-refractivity contribution in [2.24, 2.45) is 0 Å². The van der Waals surface area contributed by atoms with Gasteiger partial charge in [0, 0.05) is 24.5 Å². The fourth-order valence-corrected chi connectivity index (χ4v) is 5.99. The second kappa shape index (κ2) is 10.1. The van der Waals surface area contributed by atoms with E-state index in [0.29, 0.717) is 42.5 Å². The number of nitrogens with zero attached hydrogens (tertiary/aromatic N) is 2. The summed E-state index contributed by atoms with van der Waals surface area (Å²) in [6.07, 6.45) is 0.318. The summed E-state index contributed by atoms with van der Waals surface area (Å²) in [4.78, 5) is 20.7. The van der Waals surface area contributed by atoms with E-state index >= 15 is 0 Å². The van der Waals surface area contributed by atoms with Gasteiger partial charge in [0.2, 0.25) is 0 Å². The molecular formula is C24H30N2O5S2. The van der Waals surface area contributed by atoms with E-state index in [4.69, 9.17) is 23.9 Å². The minimum Gasteiger partial charge on any atom is -0.497 e. The SMILES string of the molecule is CCOC(CSc1nc2sc3c(c2c(=O)n1-c1ccc(OC)cc1)CC(C)(C)OC3)OCC. The molecule has 0 N–H and O–H groups in total. The van der Waals surface area contributed by atoms with Crippen molar-refractivity contribution < 1.29 is 18.9 Å². The summed E-state index contributed by atoms with van der Waals surface area (Å²) in [6.45, 7) is 9.60. The maximum Gasteiger partial charge on any atom is 0.267 e. The standard InChI is InChI=1S/C24H30N2O5S2/c1-6-29-19(30-7-2)14-32-23-25-21-20(17-12-24(3,4)31-13-18(17)33-21)22(27)26(23)15-8-10-16(28-5)11-9-15/h8-11,19H,6-7,12-14H2,1-5H3. The largest absolute Gasteiger partial charge is 0.497 e. The van der Waals surface area contributed by atoms with Gasteiger partial charge in [0.15, 0.2) is 11.4 Å². The Hall–Kier alpha value is -1.91.